The van der Waals surface area contributed by atoms with E-state index >= 15 is 0 Å². The molecular formula is C23H30O2. The van der Waals surface area contributed by atoms with E-state index in [1.807, 2.05) is 0 Å². The highest BCUT2D eigenvalue weighted by Crippen LogP contribution is 2.34. The normalized spacial score (nSPS) is 20.4. The fraction of sp³-hybridized carbons (Fsp3) is 0.478. The lowest BCUT2D eigenvalue weighted by Gasteiger charge is -2.28. The Morgan fingerprint density at radius 2 is 1.52 bits per heavy atom. The van der Waals surface area contributed by atoms with Gasteiger partial charge in [-0.25, -0.2) is 0 Å². The molecule has 0 unspecified atom stereocenters. The van der Waals surface area contributed by atoms with Crippen molar-refractivity contribution in [2.24, 2.45) is 0 Å². The smallest absolute Gasteiger partial charge is 0.119 e. The van der Waals surface area contributed by atoms with Crippen molar-refractivity contribution in [3.8, 4) is 5.75 Å². The molecule has 0 aromatic heterocycles. The van der Waals surface area contributed by atoms with Crippen LogP contribution < -0.4 is 4.74 Å². The van der Waals surface area contributed by atoms with Crippen LogP contribution >= 0.6 is 0 Å². The zero-order chi connectivity index (χ0) is 17.6. The predicted molar refractivity (Wildman–Crippen MR) is 103 cm³/mol. The van der Waals surface area contributed by atoms with E-state index in [0.717, 1.165) is 12.4 Å². The van der Waals surface area contributed by atoms with Gasteiger partial charge in [0.25, 0.3) is 0 Å². The molecule has 0 bridgehead atoms. The van der Waals surface area contributed by atoms with Gasteiger partial charge in [-0.05, 0) is 75.6 Å². The first-order chi connectivity index (χ1) is 12.1. The van der Waals surface area contributed by atoms with Gasteiger partial charge in [-0.2, -0.15) is 0 Å². The first kappa shape index (κ1) is 18.0. The first-order valence-electron chi connectivity index (χ1n) is 9.55. The van der Waals surface area contributed by atoms with E-state index in [1.165, 1.54) is 47.9 Å². The summed E-state index contributed by atoms with van der Waals surface area (Å²) < 4.78 is 11.7. The minimum Gasteiger partial charge on any atom is -0.489 e. The molecule has 0 atom stereocenters. The minimum absolute atomic E-state index is 0.474. The van der Waals surface area contributed by atoms with Gasteiger partial charge in [-0.15, -0.1) is 0 Å². The molecule has 0 N–H and O–H groups in total. The molecule has 0 saturated heterocycles. The van der Waals surface area contributed by atoms with E-state index in [2.05, 4.69) is 63.2 Å². The number of hydrogen-bond donors (Lipinski definition) is 0. The van der Waals surface area contributed by atoms with Gasteiger partial charge in [0.2, 0.25) is 0 Å². The Labute approximate surface area is 152 Å². The van der Waals surface area contributed by atoms with Crippen LogP contribution in [-0.4, -0.2) is 12.7 Å². The van der Waals surface area contributed by atoms with Crippen molar-refractivity contribution in [2.75, 3.05) is 6.61 Å². The zero-order valence-electron chi connectivity index (χ0n) is 15.8. The summed E-state index contributed by atoms with van der Waals surface area (Å²) >= 11 is 0. The monoisotopic (exact) mass is 338 g/mol. The van der Waals surface area contributed by atoms with Gasteiger partial charge in [0, 0.05) is 6.61 Å². The molecule has 0 spiro atoms. The zero-order valence-corrected chi connectivity index (χ0v) is 15.8. The van der Waals surface area contributed by atoms with Crippen molar-refractivity contribution < 1.29 is 9.47 Å². The van der Waals surface area contributed by atoms with Gasteiger partial charge in [0.1, 0.15) is 12.4 Å². The molecular weight excluding hydrogens is 308 g/mol. The van der Waals surface area contributed by atoms with Gasteiger partial charge < -0.3 is 9.47 Å². The molecule has 0 radical (unpaired) electrons. The Morgan fingerprint density at radius 1 is 0.880 bits per heavy atom. The van der Waals surface area contributed by atoms with Crippen LogP contribution in [0.3, 0.4) is 0 Å². The van der Waals surface area contributed by atoms with Gasteiger partial charge in [-0.3, -0.25) is 0 Å². The van der Waals surface area contributed by atoms with Gasteiger partial charge in [0.15, 0.2) is 0 Å². The summed E-state index contributed by atoms with van der Waals surface area (Å²) in [5, 5.41) is 0. The van der Waals surface area contributed by atoms with E-state index in [-0.39, 0.29) is 0 Å². The Bertz CT molecular complexity index is 647. The summed E-state index contributed by atoms with van der Waals surface area (Å²) in [7, 11) is 0. The average molecular weight is 338 g/mol. The quantitative estimate of drug-likeness (QED) is 0.648. The maximum atomic E-state index is 5.97. The molecule has 2 aromatic carbocycles. The van der Waals surface area contributed by atoms with Crippen LogP contribution in [0.2, 0.25) is 0 Å². The molecule has 1 aliphatic rings. The molecule has 2 nitrogen and oxygen atoms in total. The Balaban J connectivity index is 1.54. The number of rotatable bonds is 6. The van der Waals surface area contributed by atoms with Gasteiger partial charge in [0.05, 0.1) is 6.10 Å². The average Bonchev–Trinajstić information content (AvgIpc) is 2.61. The van der Waals surface area contributed by atoms with Crippen LogP contribution in [0.1, 0.15) is 60.8 Å². The number of hydrogen-bond acceptors (Lipinski definition) is 2. The van der Waals surface area contributed by atoms with E-state index in [9.17, 15) is 0 Å². The number of ether oxygens (including phenoxy) is 2. The predicted octanol–water partition coefficient (Wildman–Crippen LogP) is 5.95. The third kappa shape index (κ3) is 5.09. The molecule has 2 aromatic rings. The third-order valence-corrected chi connectivity index (χ3v) is 5.12. The van der Waals surface area contributed by atoms with Crippen LogP contribution in [0.5, 0.6) is 5.75 Å². The SMILES string of the molecule is CCOC1CCC(c2ccc(OCc3cc(C)cc(C)c3)cc2)CC1. The molecule has 3 rings (SSSR count). The molecule has 1 saturated carbocycles. The molecule has 0 aliphatic heterocycles. The molecule has 2 heteroatoms. The van der Waals surface area contributed by atoms with Crippen LogP contribution in [0, 0.1) is 13.8 Å². The van der Waals surface area contributed by atoms with E-state index in [4.69, 9.17) is 9.47 Å². The number of benzene rings is 2. The molecule has 0 heterocycles. The summed E-state index contributed by atoms with van der Waals surface area (Å²) in [6.45, 7) is 7.81. The maximum absolute atomic E-state index is 5.97. The maximum Gasteiger partial charge on any atom is 0.119 e. The van der Waals surface area contributed by atoms with Crippen molar-refractivity contribution in [3.05, 3.63) is 64.7 Å². The number of aryl methyl sites for hydroxylation is 2. The lowest BCUT2D eigenvalue weighted by Crippen LogP contribution is -2.20. The van der Waals surface area contributed by atoms with Gasteiger partial charge >= 0.3 is 0 Å². The fourth-order valence-electron chi connectivity index (χ4n) is 3.95. The lowest BCUT2D eigenvalue weighted by atomic mass is 9.83. The van der Waals surface area contributed by atoms with Crippen molar-refractivity contribution in [2.45, 2.75) is 65.1 Å². The molecule has 25 heavy (non-hydrogen) atoms. The Morgan fingerprint density at radius 3 is 2.12 bits per heavy atom. The van der Waals surface area contributed by atoms with E-state index in [1.54, 1.807) is 0 Å². The lowest BCUT2D eigenvalue weighted by molar-refractivity contribution is 0.0328. The molecule has 1 aliphatic carbocycles. The van der Waals surface area contributed by atoms with Crippen molar-refractivity contribution >= 4 is 0 Å². The van der Waals surface area contributed by atoms with Gasteiger partial charge in [-0.1, -0.05) is 41.5 Å². The van der Waals surface area contributed by atoms with E-state index in [0.29, 0.717) is 18.6 Å². The second-order valence-corrected chi connectivity index (χ2v) is 7.28. The highest BCUT2D eigenvalue weighted by Gasteiger charge is 2.22. The second-order valence-electron chi connectivity index (χ2n) is 7.28. The summed E-state index contributed by atoms with van der Waals surface area (Å²) in [5.41, 5.74) is 5.25. The van der Waals surface area contributed by atoms with Crippen LogP contribution in [0.4, 0.5) is 0 Å². The summed E-state index contributed by atoms with van der Waals surface area (Å²) in [5.74, 6) is 1.62. The third-order valence-electron chi connectivity index (χ3n) is 5.12. The second kappa shape index (κ2) is 8.53. The summed E-state index contributed by atoms with van der Waals surface area (Å²) in [4.78, 5) is 0. The molecule has 134 valence electrons. The first-order valence-corrected chi connectivity index (χ1v) is 9.55. The molecule has 0 amide bonds. The van der Waals surface area contributed by atoms with Crippen LogP contribution in [0.25, 0.3) is 0 Å². The summed E-state index contributed by atoms with van der Waals surface area (Å²) in [6.07, 6.45) is 5.30. The topological polar surface area (TPSA) is 18.5 Å². The van der Waals surface area contributed by atoms with Crippen LogP contribution in [0.15, 0.2) is 42.5 Å². The molecule has 1 fully saturated rings. The van der Waals surface area contributed by atoms with Crippen LogP contribution in [-0.2, 0) is 11.3 Å². The summed E-state index contributed by atoms with van der Waals surface area (Å²) in [6, 6.07) is 15.3. The van der Waals surface area contributed by atoms with Crippen molar-refractivity contribution in [1.29, 1.82) is 0 Å². The Kier molecular flexibility index (Phi) is 6.14. The minimum atomic E-state index is 0.474. The highest BCUT2D eigenvalue weighted by atomic mass is 16.5. The van der Waals surface area contributed by atoms with Crippen molar-refractivity contribution in [1.82, 2.24) is 0 Å². The fourth-order valence-corrected chi connectivity index (χ4v) is 3.95. The van der Waals surface area contributed by atoms with Crippen molar-refractivity contribution in [3.63, 3.8) is 0 Å². The van der Waals surface area contributed by atoms with E-state index < -0.39 is 0 Å². The highest BCUT2D eigenvalue weighted by molar-refractivity contribution is 5.31. The standard InChI is InChI=1S/C23H30O2/c1-4-24-22-9-5-20(6-10-22)21-7-11-23(12-8-21)25-16-19-14-17(2)13-18(3)15-19/h7-8,11-15,20,22H,4-6,9-10,16H2,1-3H3. The Hall–Kier alpha value is -1.80. The largest absolute Gasteiger partial charge is 0.489 e.